The molecule has 0 saturated carbocycles. The second-order valence-electron chi connectivity index (χ2n) is 10.3. The van der Waals surface area contributed by atoms with Crippen LogP contribution in [0.25, 0.3) is 6.08 Å². The standard InChI is InChI=1S/C33H26N2O5S/c1-39-20-14-15-25(40-2)21(18-20)30(36)28-29(31(37)26-12-7-17-41-26)35-24-11-6-3-8-19(24)13-16-27(35)33(28)22-9-4-5-10-23(22)34-32(33)38/h3-18,27-29H,1-2H3,(H,34,38)/t27-,28+,29+,33-/m1/s1. The Bertz CT molecular complexity index is 1750. The highest BCUT2D eigenvalue weighted by atomic mass is 32.1. The van der Waals surface area contributed by atoms with Crippen LogP contribution in [-0.2, 0) is 10.2 Å². The van der Waals surface area contributed by atoms with Crippen LogP contribution in [0.3, 0.4) is 0 Å². The van der Waals surface area contributed by atoms with Gasteiger partial charge in [-0.15, -0.1) is 11.3 Å². The molecule has 4 atom stereocenters. The Hall–Kier alpha value is -4.69. The fourth-order valence-corrected chi connectivity index (χ4v) is 7.56. The van der Waals surface area contributed by atoms with E-state index in [1.807, 2.05) is 77.0 Å². The Labute approximate surface area is 241 Å². The van der Waals surface area contributed by atoms with Gasteiger partial charge in [-0.05, 0) is 52.9 Å². The summed E-state index contributed by atoms with van der Waals surface area (Å²) in [6, 6.07) is 22.3. The summed E-state index contributed by atoms with van der Waals surface area (Å²) in [5.41, 5.74) is 1.94. The smallest absolute Gasteiger partial charge is 0.238 e. The SMILES string of the molecule is COc1ccc(OC)c(C(=O)[C@@H]2[C@@H](C(=O)c3cccs3)N3c4ccccc4C=C[C@@H]3[C@@]23C(=O)Nc2ccccc23)c1. The molecule has 0 radical (unpaired) electrons. The zero-order chi connectivity index (χ0) is 28.3. The van der Waals surface area contributed by atoms with Gasteiger partial charge in [0, 0.05) is 11.4 Å². The number of fused-ring (bicyclic) bond motifs is 6. The number of thiophene rings is 1. The Balaban J connectivity index is 1.55. The molecule has 0 unspecified atom stereocenters. The molecule has 1 fully saturated rings. The van der Waals surface area contributed by atoms with E-state index in [-0.39, 0.29) is 23.0 Å². The number of methoxy groups -OCH3 is 2. The predicted octanol–water partition coefficient (Wildman–Crippen LogP) is 5.62. The highest BCUT2D eigenvalue weighted by molar-refractivity contribution is 7.12. The number of anilines is 2. The second-order valence-corrected chi connectivity index (χ2v) is 11.3. The third kappa shape index (κ3) is 3.47. The Morgan fingerprint density at radius 3 is 2.51 bits per heavy atom. The van der Waals surface area contributed by atoms with Gasteiger partial charge < -0.3 is 19.7 Å². The number of nitrogens with one attached hydrogen (secondary N) is 1. The van der Waals surface area contributed by atoms with E-state index >= 15 is 4.79 Å². The summed E-state index contributed by atoms with van der Waals surface area (Å²) in [6.07, 6.45) is 3.95. The monoisotopic (exact) mass is 562 g/mol. The Morgan fingerprint density at radius 1 is 0.927 bits per heavy atom. The minimum absolute atomic E-state index is 0.204. The topological polar surface area (TPSA) is 84.9 Å². The lowest BCUT2D eigenvalue weighted by atomic mass is 9.64. The number of Topliss-reactive ketones (excluding diaryl/α,β-unsaturated/α-hetero) is 2. The molecule has 1 N–H and O–H groups in total. The molecular formula is C33H26N2O5S. The lowest BCUT2D eigenvalue weighted by molar-refractivity contribution is -0.121. The molecule has 0 bridgehead atoms. The maximum Gasteiger partial charge on any atom is 0.238 e. The van der Waals surface area contributed by atoms with E-state index in [1.54, 1.807) is 24.3 Å². The molecule has 3 aliphatic rings. The van der Waals surface area contributed by atoms with Crippen LogP contribution >= 0.6 is 11.3 Å². The van der Waals surface area contributed by atoms with E-state index in [1.165, 1.54) is 25.6 Å². The van der Waals surface area contributed by atoms with E-state index in [4.69, 9.17) is 9.47 Å². The van der Waals surface area contributed by atoms with E-state index in [0.29, 0.717) is 27.6 Å². The molecule has 204 valence electrons. The number of amides is 1. The number of nitrogens with zero attached hydrogens (tertiary/aromatic N) is 1. The molecule has 3 aromatic carbocycles. The molecule has 4 aromatic rings. The van der Waals surface area contributed by atoms with Crippen LogP contribution in [0.4, 0.5) is 11.4 Å². The van der Waals surface area contributed by atoms with Crippen LogP contribution in [0.15, 0.2) is 90.3 Å². The van der Waals surface area contributed by atoms with Gasteiger partial charge in [0.05, 0.1) is 36.6 Å². The zero-order valence-corrected chi connectivity index (χ0v) is 23.2. The second kappa shape index (κ2) is 9.45. The van der Waals surface area contributed by atoms with Crippen LogP contribution in [-0.4, -0.2) is 43.8 Å². The Morgan fingerprint density at radius 2 is 1.73 bits per heavy atom. The van der Waals surface area contributed by atoms with Gasteiger partial charge in [-0.25, -0.2) is 0 Å². The molecule has 3 aliphatic heterocycles. The minimum atomic E-state index is -1.39. The first-order chi connectivity index (χ1) is 20.0. The largest absolute Gasteiger partial charge is 0.497 e. The van der Waals surface area contributed by atoms with Gasteiger partial charge in [0.1, 0.15) is 23.0 Å². The zero-order valence-electron chi connectivity index (χ0n) is 22.4. The number of ether oxygens (including phenoxy) is 2. The number of benzene rings is 3. The number of hydrogen-bond acceptors (Lipinski definition) is 7. The van der Waals surface area contributed by atoms with Crippen molar-refractivity contribution in [2.75, 3.05) is 24.4 Å². The third-order valence-electron chi connectivity index (χ3n) is 8.53. The van der Waals surface area contributed by atoms with Crippen LogP contribution in [0.2, 0.25) is 0 Å². The third-order valence-corrected chi connectivity index (χ3v) is 9.41. The van der Waals surface area contributed by atoms with Crippen molar-refractivity contribution >= 4 is 46.3 Å². The predicted molar refractivity (Wildman–Crippen MR) is 158 cm³/mol. The van der Waals surface area contributed by atoms with Gasteiger partial charge in [-0.3, -0.25) is 14.4 Å². The van der Waals surface area contributed by atoms with E-state index in [9.17, 15) is 9.59 Å². The van der Waals surface area contributed by atoms with Gasteiger partial charge in [-0.2, -0.15) is 0 Å². The highest BCUT2D eigenvalue weighted by Gasteiger charge is 2.70. The van der Waals surface area contributed by atoms with Crippen LogP contribution in [0, 0.1) is 5.92 Å². The number of ketones is 2. The van der Waals surface area contributed by atoms with Gasteiger partial charge in [0.25, 0.3) is 0 Å². The summed E-state index contributed by atoms with van der Waals surface area (Å²) in [5.74, 6) is -1.13. The molecular weight excluding hydrogens is 536 g/mol. The van der Waals surface area contributed by atoms with Crippen molar-refractivity contribution in [3.8, 4) is 11.5 Å². The van der Waals surface area contributed by atoms with Gasteiger partial charge in [-0.1, -0.05) is 54.6 Å². The lowest BCUT2D eigenvalue weighted by Crippen LogP contribution is -2.51. The van der Waals surface area contributed by atoms with Gasteiger partial charge in [0.15, 0.2) is 11.6 Å². The van der Waals surface area contributed by atoms with E-state index < -0.39 is 23.4 Å². The molecule has 4 heterocycles. The summed E-state index contributed by atoms with van der Waals surface area (Å²) in [4.78, 5) is 46.5. The maximum absolute atomic E-state index is 15.0. The number of carbonyl (C=O) groups is 3. The first kappa shape index (κ1) is 25.3. The molecule has 1 saturated heterocycles. The number of hydrogen-bond donors (Lipinski definition) is 1. The minimum Gasteiger partial charge on any atom is -0.497 e. The summed E-state index contributed by atoms with van der Waals surface area (Å²) in [5, 5.41) is 4.90. The van der Waals surface area contributed by atoms with Gasteiger partial charge in [0.2, 0.25) is 5.91 Å². The first-order valence-corrected chi connectivity index (χ1v) is 14.2. The van der Waals surface area contributed by atoms with Crippen molar-refractivity contribution in [3.05, 3.63) is 112 Å². The quantitative estimate of drug-likeness (QED) is 0.307. The van der Waals surface area contributed by atoms with Crippen molar-refractivity contribution in [1.82, 2.24) is 0 Å². The normalized spacial score (nSPS) is 23.5. The molecule has 1 aromatic heterocycles. The van der Waals surface area contributed by atoms with E-state index in [2.05, 4.69) is 5.32 Å². The molecule has 1 spiro atoms. The fourth-order valence-electron chi connectivity index (χ4n) is 6.86. The molecule has 7 rings (SSSR count). The van der Waals surface area contributed by atoms with Crippen molar-refractivity contribution in [1.29, 1.82) is 0 Å². The summed E-state index contributed by atoms with van der Waals surface area (Å²) in [7, 11) is 3.02. The molecule has 0 aliphatic carbocycles. The number of para-hydroxylation sites is 2. The lowest BCUT2D eigenvalue weighted by Gasteiger charge is -2.37. The molecule has 1 amide bonds. The van der Waals surface area contributed by atoms with Crippen LogP contribution < -0.4 is 19.7 Å². The molecule has 7 nitrogen and oxygen atoms in total. The fraction of sp³-hybridized carbons (Fsp3) is 0.182. The van der Waals surface area contributed by atoms with Crippen molar-refractivity contribution < 1.29 is 23.9 Å². The number of rotatable bonds is 6. The summed E-state index contributed by atoms with van der Waals surface area (Å²) in [6.45, 7) is 0. The average molecular weight is 563 g/mol. The van der Waals surface area contributed by atoms with Crippen LogP contribution in [0.5, 0.6) is 11.5 Å². The van der Waals surface area contributed by atoms with Crippen molar-refractivity contribution in [2.45, 2.75) is 17.5 Å². The van der Waals surface area contributed by atoms with Crippen LogP contribution in [0.1, 0.15) is 31.2 Å². The average Bonchev–Trinajstić information content (AvgIpc) is 3.73. The highest BCUT2D eigenvalue weighted by Crippen LogP contribution is 2.58. The number of carbonyl (C=O) groups excluding carboxylic acids is 3. The van der Waals surface area contributed by atoms with Crippen molar-refractivity contribution in [3.63, 3.8) is 0 Å². The van der Waals surface area contributed by atoms with Gasteiger partial charge >= 0.3 is 0 Å². The Kier molecular flexibility index (Phi) is 5.83. The molecule has 8 heteroatoms. The first-order valence-electron chi connectivity index (χ1n) is 13.3. The summed E-state index contributed by atoms with van der Waals surface area (Å²) < 4.78 is 11.1. The maximum atomic E-state index is 15.0. The summed E-state index contributed by atoms with van der Waals surface area (Å²) >= 11 is 1.33. The van der Waals surface area contributed by atoms with E-state index in [0.717, 1.165) is 11.3 Å². The van der Waals surface area contributed by atoms with Crippen molar-refractivity contribution in [2.24, 2.45) is 5.92 Å². The molecule has 41 heavy (non-hydrogen) atoms.